The van der Waals surface area contributed by atoms with Crippen LogP contribution in [0.15, 0.2) is 27.6 Å². The standard InChI is InChI=1S/C13H16BrNO5S/c1-8-3-4-12(10(14)5-8)21(18,19)15-7-9(16)6-11(15)13(17)20-2/h3-5,9,11,16H,6-7H2,1-2H3. The lowest BCUT2D eigenvalue weighted by atomic mass is 10.2. The minimum Gasteiger partial charge on any atom is -0.468 e. The number of hydrogen-bond donors (Lipinski definition) is 1. The number of rotatable bonds is 3. The summed E-state index contributed by atoms with van der Waals surface area (Å²) in [4.78, 5) is 11.8. The molecule has 2 unspecified atom stereocenters. The van der Waals surface area contributed by atoms with Crippen LogP contribution < -0.4 is 0 Å². The van der Waals surface area contributed by atoms with Crippen LogP contribution in [-0.4, -0.2) is 49.6 Å². The van der Waals surface area contributed by atoms with Gasteiger partial charge in [-0.05, 0) is 40.5 Å². The highest BCUT2D eigenvalue weighted by Crippen LogP contribution is 2.31. The minimum absolute atomic E-state index is 0.0371. The molecule has 1 aromatic carbocycles. The molecule has 0 saturated carbocycles. The first-order chi connectivity index (χ1) is 9.77. The van der Waals surface area contributed by atoms with Crippen molar-refractivity contribution < 1.29 is 23.1 Å². The summed E-state index contributed by atoms with van der Waals surface area (Å²) in [6, 6.07) is 3.85. The van der Waals surface area contributed by atoms with Gasteiger partial charge in [0.1, 0.15) is 6.04 Å². The SMILES string of the molecule is COC(=O)C1CC(O)CN1S(=O)(=O)c1ccc(C)cc1Br. The van der Waals surface area contributed by atoms with E-state index in [-0.39, 0.29) is 17.9 Å². The number of benzene rings is 1. The smallest absolute Gasteiger partial charge is 0.324 e. The fourth-order valence-electron chi connectivity index (χ4n) is 2.34. The van der Waals surface area contributed by atoms with Crippen LogP contribution in [0, 0.1) is 6.92 Å². The van der Waals surface area contributed by atoms with E-state index in [4.69, 9.17) is 0 Å². The lowest BCUT2D eigenvalue weighted by Gasteiger charge is -2.22. The molecule has 21 heavy (non-hydrogen) atoms. The molecule has 0 amide bonds. The van der Waals surface area contributed by atoms with Crippen molar-refractivity contribution in [2.24, 2.45) is 0 Å². The molecule has 0 aliphatic carbocycles. The van der Waals surface area contributed by atoms with Gasteiger partial charge in [0.2, 0.25) is 10.0 Å². The van der Waals surface area contributed by atoms with E-state index in [1.807, 2.05) is 6.92 Å². The van der Waals surface area contributed by atoms with Crippen molar-refractivity contribution >= 4 is 31.9 Å². The molecule has 0 aromatic heterocycles. The summed E-state index contributed by atoms with van der Waals surface area (Å²) in [5.74, 6) is -0.668. The number of aliphatic hydroxyl groups excluding tert-OH is 1. The Bertz CT molecular complexity index is 661. The van der Waals surface area contributed by atoms with Crippen LogP contribution in [0.1, 0.15) is 12.0 Å². The maximum atomic E-state index is 12.7. The Morgan fingerprint density at radius 1 is 1.48 bits per heavy atom. The van der Waals surface area contributed by atoms with Crippen molar-refractivity contribution in [2.75, 3.05) is 13.7 Å². The number of hydrogen-bond acceptors (Lipinski definition) is 5. The van der Waals surface area contributed by atoms with Crippen molar-refractivity contribution in [1.82, 2.24) is 4.31 Å². The van der Waals surface area contributed by atoms with Gasteiger partial charge >= 0.3 is 5.97 Å². The zero-order valence-electron chi connectivity index (χ0n) is 11.6. The summed E-state index contributed by atoms with van der Waals surface area (Å²) < 4.78 is 31.5. The summed E-state index contributed by atoms with van der Waals surface area (Å²) in [6.07, 6.45) is -0.844. The average molecular weight is 378 g/mol. The fourth-order valence-corrected chi connectivity index (χ4v) is 5.12. The maximum Gasteiger partial charge on any atom is 0.324 e. The second kappa shape index (κ2) is 6.04. The van der Waals surface area contributed by atoms with Crippen molar-refractivity contribution in [3.8, 4) is 0 Å². The van der Waals surface area contributed by atoms with E-state index in [0.29, 0.717) is 4.47 Å². The Morgan fingerprint density at radius 2 is 2.14 bits per heavy atom. The zero-order chi connectivity index (χ0) is 15.8. The summed E-state index contributed by atoms with van der Waals surface area (Å²) in [5, 5.41) is 9.71. The van der Waals surface area contributed by atoms with Gasteiger partial charge in [-0.2, -0.15) is 4.31 Å². The van der Waals surface area contributed by atoms with Gasteiger partial charge in [-0.15, -0.1) is 0 Å². The Hall–Kier alpha value is -0.960. The second-order valence-corrected chi connectivity index (χ2v) is 7.65. The van der Waals surface area contributed by atoms with Crippen molar-refractivity contribution in [2.45, 2.75) is 30.4 Å². The molecule has 2 atom stereocenters. The van der Waals surface area contributed by atoms with Gasteiger partial charge in [-0.3, -0.25) is 4.79 Å². The van der Waals surface area contributed by atoms with Crippen LogP contribution in [0.2, 0.25) is 0 Å². The summed E-state index contributed by atoms with van der Waals surface area (Å²) in [7, 11) is -2.70. The maximum absolute atomic E-state index is 12.7. The molecule has 1 aliphatic rings. The molecule has 1 aromatic rings. The number of β-amino-alcohol motifs (C(OH)–C–C–N with tert-alkyl or cyclic N) is 1. The molecule has 1 saturated heterocycles. The van der Waals surface area contributed by atoms with Crippen molar-refractivity contribution in [1.29, 1.82) is 0 Å². The molecule has 116 valence electrons. The van der Waals surface area contributed by atoms with E-state index >= 15 is 0 Å². The Morgan fingerprint density at radius 3 is 2.71 bits per heavy atom. The molecule has 1 fully saturated rings. The van der Waals surface area contributed by atoms with E-state index in [9.17, 15) is 18.3 Å². The van der Waals surface area contributed by atoms with Crippen molar-refractivity contribution in [3.05, 3.63) is 28.2 Å². The number of nitrogens with zero attached hydrogens (tertiary/aromatic N) is 1. The van der Waals surface area contributed by atoms with E-state index in [0.717, 1.165) is 9.87 Å². The van der Waals surface area contributed by atoms with Crippen LogP contribution in [-0.2, 0) is 19.6 Å². The molecule has 1 aliphatic heterocycles. The molecule has 6 nitrogen and oxygen atoms in total. The third kappa shape index (κ3) is 3.13. The number of ether oxygens (including phenoxy) is 1. The van der Waals surface area contributed by atoms with Crippen LogP contribution in [0.25, 0.3) is 0 Å². The Balaban J connectivity index is 2.44. The average Bonchev–Trinajstić information content (AvgIpc) is 2.80. The first kappa shape index (κ1) is 16.4. The predicted octanol–water partition coefficient (Wildman–Crippen LogP) is 1.05. The largest absolute Gasteiger partial charge is 0.468 e. The first-order valence-electron chi connectivity index (χ1n) is 6.31. The first-order valence-corrected chi connectivity index (χ1v) is 8.54. The lowest BCUT2D eigenvalue weighted by Crippen LogP contribution is -2.41. The number of halogens is 1. The van der Waals surface area contributed by atoms with Gasteiger partial charge in [0, 0.05) is 17.4 Å². The summed E-state index contributed by atoms with van der Waals surface area (Å²) >= 11 is 3.23. The van der Waals surface area contributed by atoms with Gasteiger partial charge < -0.3 is 9.84 Å². The van der Waals surface area contributed by atoms with E-state index in [1.54, 1.807) is 12.1 Å². The van der Waals surface area contributed by atoms with Crippen LogP contribution in [0.5, 0.6) is 0 Å². The second-order valence-electron chi connectivity index (χ2n) is 4.94. The number of carbonyl (C=O) groups excluding carboxylic acids is 1. The highest BCUT2D eigenvalue weighted by atomic mass is 79.9. The van der Waals surface area contributed by atoms with E-state index < -0.39 is 28.1 Å². The molecule has 0 spiro atoms. The van der Waals surface area contributed by atoms with Crippen LogP contribution in [0.4, 0.5) is 0 Å². The molecule has 1 N–H and O–H groups in total. The number of carbonyl (C=O) groups is 1. The minimum atomic E-state index is -3.90. The van der Waals surface area contributed by atoms with Crippen LogP contribution >= 0.6 is 15.9 Å². The topological polar surface area (TPSA) is 83.9 Å². The predicted molar refractivity (Wildman–Crippen MR) is 79.2 cm³/mol. The molecule has 0 bridgehead atoms. The Labute approximate surface area is 131 Å². The van der Waals surface area contributed by atoms with Gasteiger partial charge in [-0.1, -0.05) is 6.07 Å². The molecular formula is C13H16BrNO5S. The number of methoxy groups -OCH3 is 1. The summed E-state index contributed by atoms with van der Waals surface area (Å²) in [5.41, 5.74) is 0.909. The highest BCUT2D eigenvalue weighted by Gasteiger charge is 2.44. The Kier molecular flexibility index (Phi) is 4.72. The normalized spacial score (nSPS) is 23.2. The third-order valence-corrected chi connectivity index (χ3v) is 6.23. The summed E-state index contributed by atoms with van der Waals surface area (Å²) in [6.45, 7) is 1.72. The lowest BCUT2D eigenvalue weighted by molar-refractivity contribution is -0.144. The highest BCUT2D eigenvalue weighted by molar-refractivity contribution is 9.10. The van der Waals surface area contributed by atoms with Crippen molar-refractivity contribution in [3.63, 3.8) is 0 Å². The number of sulfonamides is 1. The molecule has 1 heterocycles. The van der Waals surface area contributed by atoms with Gasteiger partial charge in [-0.25, -0.2) is 8.42 Å². The third-order valence-electron chi connectivity index (χ3n) is 3.38. The zero-order valence-corrected chi connectivity index (χ0v) is 14.0. The molecular weight excluding hydrogens is 362 g/mol. The van der Waals surface area contributed by atoms with Gasteiger partial charge in [0.25, 0.3) is 0 Å². The van der Waals surface area contributed by atoms with Crippen LogP contribution in [0.3, 0.4) is 0 Å². The molecule has 2 rings (SSSR count). The van der Waals surface area contributed by atoms with Gasteiger partial charge in [0.05, 0.1) is 18.1 Å². The molecule has 0 radical (unpaired) electrons. The number of aryl methyl sites for hydroxylation is 1. The number of aliphatic hydroxyl groups is 1. The quantitative estimate of drug-likeness (QED) is 0.796. The molecule has 8 heteroatoms. The van der Waals surface area contributed by atoms with Gasteiger partial charge in [0.15, 0.2) is 0 Å². The number of esters is 1. The van der Waals surface area contributed by atoms with E-state index in [2.05, 4.69) is 20.7 Å². The fraction of sp³-hybridized carbons (Fsp3) is 0.462. The monoisotopic (exact) mass is 377 g/mol. The van der Waals surface area contributed by atoms with E-state index in [1.165, 1.54) is 13.2 Å².